The summed E-state index contributed by atoms with van der Waals surface area (Å²) in [5, 5.41) is 2.26. The maximum Gasteiger partial charge on any atom is 0.291 e. The van der Waals surface area contributed by atoms with Gasteiger partial charge in [-0.2, -0.15) is 0 Å². The van der Waals surface area contributed by atoms with Crippen LogP contribution in [-0.2, 0) is 9.59 Å². The second-order valence-electron chi connectivity index (χ2n) is 1.50. The number of amides is 1. The number of hydrogen-bond acceptors (Lipinski definition) is 2. The normalized spacial score (nSPS) is 14.8. The van der Waals surface area contributed by atoms with E-state index >= 15 is 0 Å². The molecule has 1 aliphatic heterocycles. The largest absolute Gasteiger partial charge is 0.326 e. The van der Waals surface area contributed by atoms with Crippen molar-refractivity contribution in [2.24, 2.45) is 0 Å². The molecule has 0 bridgehead atoms. The fourth-order valence-corrected chi connectivity index (χ4v) is 0.474. The molecule has 5 heteroatoms. The van der Waals surface area contributed by atoms with E-state index in [-0.39, 0.29) is 37.0 Å². The van der Waals surface area contributed by atoms with Gasteiger partial charge in [0.25, 0.3) is 5.91 Å². The van der Waals surface area contributed by atoms with Gasteiger partial charge < -0.3 is 5.32 Å². The molecular formula is C5H7Cl2NO2. The van der Waals surface area contributed by atoms with Crippen LogP contribution in [0.25, 0.3) is 0 Å². The number of Topliss-reactive ketones (excluding diaryl/α,β-unsaturated/α-hetero) is 1. The minimum absolute atomic E-state index is 0. The van der Waals surface area contributed by atoms with E-state index in [0.717, 1.165) is 0 Å². The highest BCUT2D eigenvalue weighted by molar-refractivity contribution is 6.37. The van der Waals surface area contributed by atoms with E-state index in [2.05, 4.69) is 5.32 Å². The van der Waals surface area contributed by atoms with Crippen LogP contribution >= 0.6 is 24.8 Å². The maximum absolute atomic E-state index is 10.3. The second-order valence-corrected chi connectivity index (χ2v) is 1.50. The molecule has 1 amide bonds. The van der Waals surface area contributed by atoms with E-state index in [9.17, 15) is 9.59 Å². The second kappa shape index (κ2) is 5.26. The lowest BCUT2D eigenvalue weighted by atomic mass is 10.2. The molecular weight excluding hydrogens is 177 g/mol. The summed E-state index contributed by atoms with van der Waals surface area (Å²) >= 11 is 0. The average molecular weight is 184 g/mol. The van der Waals surface area contributed by atoms with Gasteiger partial charge in [-0.05, 0) is 0 Å². The molecule has 0 spiro atoms. The fourth-order valence-electron chi connectivity index (χ4n) is 0.474. The van der Waals surface area contributed by atoms with E-state index in [4.69, 9.17) is 0 Å². The molecule has 0 fully saturated rings. The molecule has 0 radical (unpaired) electrons. The first-order chi connectivity index (χ1) is 3.80. The first-order valence-corrected chi connectivity index (χ1v) is 2.29. The van der Waals surface area contributed by atoms with Gasteiger partial charge in [0.1, 0.15) is 0 Å². The summed E-state index contributed by atoms with van der Waals surface area (Å²) in [4.78, 5) is 20.6. The number of allylic oxidation sites excluding steroid dienone is 1. The molecule has 3 nitrogen and oxygen atoms in total. The van der Waals surface area contributed by atoms with Crippen molar-refractivity contribution >= 4 is 36.5 Å². The van der Waals surface area contributed by atoms with Crippen LogP contribution in [0, 0.1) is 0 Å². The van der Waals surface area contributed by atoms with Crippen LogP contribution in [0.4, 0.5) is 0 Å². The van der Waals surface area contributed by atoms with E-state index in [1.54, 1.807) is 6.08 Å². The summed E-state index contributed by atoms with van der Waals surface area (Å²) in [6.45, 7) is 0. The van der Waals surface area contributed by atoms with Gasteiger partial charge >= 0.3 is 0 Å². The van der Waals surface area contributed by atoms with Gasteiger partial charge in [-0.25, -0.2) is 0 Å². The minimum Gasteiger partial charge on any atom is -0.326 e. The molecule has 1 N–H and O–H groups in total. The van der Waals surface area contributed by atoms with E-state index in [1.165, 1.54) is 6.20 Å². The number of carbonyl (C=O) groups excluding carboxylic acids is 2. The third kappa shape index (κ3) is 2.85. The van der Waals surface area contributed by atoms with Gasteiger partial charge in [0.15, 0.2) is 0 Å². The standard InChI is InChI=1S/C5H5NO2.2ClH/c7-4-2-1-3-6-5(4)8;;/h1,3H,2H2,(H,6,8);2*1H. The number of halogens is 2. The molecule has 0 aromatic heterocycles. The Bertz CT molecular complexity index is 149. The molecule has 1 rings (SSSR count). The number of nitrogens with one attached hydrogen (secondary N) is 1. The molecule has 0 saturated heterocycles. The SMILES string of the molecule is Cl.Cl.O=C1CC=CNC1=O. The monoisotopic (exact) mass is 183 g/mol. The van der Waals surface area contributed by atoms with Gasteiger partial charge in [-0.15, -0.1) is 24.8 Å². The van der Waals surface area contributed by atoms with Crippen molar-refractivity contribution in [3.8, 4) is 0 Å². The Morgan fingerprint density at radius 2 is 1.90 bits per heavy atom. The highest BCUT2D eigenvalue weighted by Crippen LogP contribution is 1.90. The van der Waals surface area contributed by atoms with Crippen molar-refractivity contribution in [3.05, 3.63) is 12.3 Å². The van der Waals surface area contributed by atoms with Gasteiger partial charge in [0.2, 0.25) is 5.78 Å². The van der Waals surface area contributed by atoms with E-state index in [0.29, 0.717) is 0 Å². The van der Waals surface area contributed by atoms with Crippen LogP contribution in [-0.4, -0.2) is 11.7 Å². The summed E-state index contributed by atoms with van der Waals surface area (Å²) in [5.74, 6) is -0.875. The lowest BCUT2D eigenvalue weighted by molar-refractivity contribution is -0.137. The Morgan fingerprint density at radius 3 is 2.20 bits per heavy atom. The Hall–Kier alpha value is -0.540. The summed E-state index contributed by atoms with van der Waals surface area (Å²) in [7, 11) is 0. The van der Waals surface area contributed by atoms with Crippen LogP contribution in [0.2, 0.25) is 0 Å². The number of hydrogen-bond donors (Lipinski definition) is 1. The van der Waals surface area contributed by atoms with Crippen molar-refractivity contribution in [1.29, 1.82) is 0 Å². The number of ketones is 1. The predicted octanol–water partition coefficient (Wildman–Crippen LogP) is 0.433. The third-order valence-electron chi connectivity index (χ3n) is 0.889. The van der Waals surface area contributed by atoms with Crippen LogP contribution in [0.3, 0.4) is 0 Å². The highest BCUT2D eigenvalue weighted by Gasteiger charge is 2.12. The summed E-state index contributed by atoms with van der Waals surface area (Å²) < 4.78 is 0. The van der Waals surface area contributed by atoms with Gasteiger partial charge in [0.05, 0.1) is 0 Å². The molecule has 0 aromatic rings. The van der Waals surface area contributed by atoms with Crippen LogP contribution < -0.4 is 5.32 Å². The summed E-state index contributed by atoms with van der Waals surface area (Å²) in [6, 6.07) is 0. The molecule has 10 heavy (non-hydrogen) atoms. The van der Waals surface area contributed by atoms with Crippen LogP contribution in [0.1, 0.15) is 6.42 Å². The molecule has 0 aliphatic carbocycles. The zero-order valence-electron chi connectivity index (χ0n) is 4.99. The molecule has 58 valence electrons. The lowest BCUT2D eigenvalue weighted by Crippen LogP contribution is -2.29. The van der Waals surface area contributed by atoms with Crippen molar-refractivity contribution < 1.29 is 9.59 Å². The lowest BCUT2D eigenvalue weighted by Gasteiger charge is -2.00. The number of carbonyl (C=O) groups is 2. The zero-order valence-corrected chi connectivity index (χ0v) is 6.63. The third-order valence-corrected chi connectivity index (χ3v) is 0.889. The van der Waals surface area contributed by atoms with Crippen LogP contribution in [0.5, 0.6) is 0 Å². The first-order valence-electron chi connectivity index (χ1n) is 2.29. The van der Waals surface area contributed by atoms with Crippen molar-refractivity contribution in [3.63, 3.8) is 0 Å². The Labute approximate surface area is 70.7 Å². The molecule has 0 aromatic carbocycles. The van der Waals surface area contributed by atoms with Crippen molar-refractivity contribution in [2.45, 2.75) is 6.42 Å². The topological polar surface area (TPSA) is 46.2 Å². The molecule has 0 saturated carbocycles. The van der Waals surface area contributed by atoms with Crippen molar-refractivity contribution in [1.82, 2.24) is 5.32 Å². The Kier molecular flexibility index (Phi) is 6.40. The smallest absolute Gasteiger partial charge is 0.291 e. The zero-order chi connectivity index (χ0) is 5.98. The summed E-state index contributed by atoms with van der Waals surface area (Å²) in [6.07, 6.45) is 3.33. The van der Waals surface area contributed by atoms with Crippen LogP contribution in [0.15, 0.2) is 12.3 Å². The Balaban J connectivity index is 0. The highest BCUT2D eigenvalue weighted by atomic mass is 35.5. The van der Waals surface area contributed by atoms with Gasteiger partial charge in [-0.3, -0.25) is 9.59 Å². The van der Waals surface area contributed by atoms with Gasteiger partial charge in [-0.1, -0.05) is 6.08 Å². The molecule has 1 aliphatic rings. The van der Waals surface area contributed by atoms with Gasteiger partial charge in [0, 0.05) is 12.6 Å². The Morgan fingerprint density at radius 1 is 1.30 bits per heavy atom. The van der Waals surface area contributed by atoms with E-state index in [1.807, 2.05) is 0 Å². The fraction of sp³-hybridized carbons (Fsp3) is 0.200. The molecule has 0 unspecified atom stereocenters. The van der Waals surface area contributed by atoms with Crippen molar-refractivity contribution in [2.75, 3.05) is 0 Å². The first kappa shape index (κ1) is 12.2. The predicted molar refractivity (Wildman–Crippen MR) is 41.4 cm³/mol. The minimum atomic E-state index is -0.507. The average Bonchev–Trinajstić information content (AvgIpc) is 1.77. The summed E-state index contributed by atoms with van der Waals surface area (Å²) in [5.41, 5.74) is 0. The molecule has 0 atom stereocenters. The number of rotatable bonds is 0. The maximum atomic E-state index is 10.3. The molecule has 1 heterocycles. The van der Waals surface area contributed by atoms with E-state index < -0.39 is 5.91 Å². The quantitative estimate of drug-likeness (QED) is 0.555.